The van der Waals surface area contributed by atoms with Crippen molar-refractivity contribution in [3.05, 3.63) is 42.0 Å². The Labute approximate surface area is 151 Å². The van der Waals surface area contributed by atoms with E-state index in [1.54, 1.807) is 6.92 Å². The zero-order chi connectivity index (χ0) is 19.5. The number of phenolic OH excluding ortho intramolecular Hbond substituents is 3. The van der Waals surface area contributed by atoms with Crippen molar-refractivity contribution in [3.63, 3.8) is 0 Å². The third kappa shape index (κ3) is 4.65. The SMILES string of the molecule is Cc1cc(S(=O)(=O)CCCNS(=O)(=O)c2ccc(O)c(O)c2)ccc1O. The van der Waals surface area contributed by atoms with Crippen molar-refractivity contribution in [2.24, 2.45) is 0 Å². The van der Waals surface area contributed by atoms with E-state index in [4.69, 9.17) is 0 Å². The number of sulfone groups is 1. The van der Waals surface area contributed by atoms with Gasteiger partial charge in [-0.3, -0.25) is 0 Å². The van der Waals surface area contributed by atoms with Gasteiger partial charge >= 0.3 is 0 Å². The lowest BCUT2D eigenvalue weighted by Crippen LogP contribution is -2.26. The molecule has 0 amide bonds. The van der Waals surface area contributed by atoms with E-state index in [0.717, 1.165) is 18.2 Å². The Morgan fingerprint density at radius 1 is 0.846 bits per heavy atom. The fourth-order valence-corrected chi connectivity index (χ4v) is 4.65. The average molecular weight is 401 g/mol. The van der Waals surface area contributed by atoms with Gasteiger partial charge in [0.15, 0.2) is 21.3 Å². The number of aryl methyl sites for hydroxylation is 1. The molecule has 0 saturated carbocycles. The summed E-state index contributed by atoms with van der Waals surface area (Å²) in [5, 5.41) is 28.0. The molecule has 2 aromatic carbocycles. The Kier molecular flexibility index (Phi) is 5.79. The predicted octanol–water partition coefficient (Wildman–Crippen LogP) is 1.25. The minimum Gasteiger partial charge on any atom is -0.508 e. The normalized spacial score (nSPS) is 12.2. The van der Waals surface area contributed by atoms with Gasteiger partial charge in [-0.25, -0.2) is 21.6 Å². The number of hydrogen-bond donors (Lipinski definition) is 4. The van der Waals surface area contributed by atoms with Gasteiger partial charge in [-0.05, 0) is 49.2 Å². The van der Waals surface area contributed by atoms with Crippen molar-refractivity contribution < 1.29 is 32.2 Å². The fraction of sp³-hybridized carbons (Fsp3) is 0.250. The lowest BCUT2D eigenvalue weighted by atomic mass is 10.2. The maximum absolute atomic E-state index is 12.3. The third-order valence-corrected chi connectivity index (χ3v) is 6.92. The summed E-state index contributed by atoms with van der Waals surface area (Å²) in [6.07, 6.45) is 0.0333. The van der Waals surface area contributed by atoms with Crippen molar-refractivity contribution in [2.75, 3.05) is 12.3 Å². The highest BCUT2D eigenvalue weighted by Gasteiger charge is 2.18. The van der Waals surface area contributed by atoms with Gasteiger partial charge in [0, 0.05) is 12.6 Å². The highest BCUT2D eigenvalue weighted by atomic mass is 32.2. The number of phenols is 3. The summed E-state index contributed by atoms with van der Waals surface area (Å²) in [4.78, 5) is -0.191. The Morgan fingerprint density at radius 3 is 2.08 bits per heavy atom. The molecular formula is C16H19NO7S2. The molecule has 0 unspecified atom stereocenters. The zero-order valence-corrected chi connectivity index (χ0v) is 15.5. The molecule has 10 heteroatoms. The van der Waals surface area contributed by atoms with Gasteiger partial charge in [0.05, 0.1) is 15.5 Å². The summed E-state index contributed by atoms with van der Waals surface area (Å²) in [5.74, 6) is -1.30. The molecule has 0 radical (unpaired) electrons. The lowest BCUT2D eigenvalue weighted by Gasteiger charge is -2.09. The first-order valence-electron chi connectivity index (χ1n) is 7.57. The Hall–Kier alpha value is -2.30. The smallest absolute Gasteiger partial charge is 0.240 e. The maximum atomic E-state index is 12.3. The Balaban J connectivity index is 1.98. The highest BCUT2D eigenvalue weighted by Crippen LogP contribution is 2.27. The number of nitrogens with one attached hydrogen (secondary N) is 1. The van der Waals surface area contributed by atoms with Gasteiger partial charge in [-0.15, -0.1) is 0 Å². The van der Waals surface area contributed by atoms with Crippen LogP contribution < -0.4 is 4.72 Å². The molecule has 26 heavy (non-hydrogen) atoms. The third-order valence-electron chi connectivity index (χ3n) is 3.67. The predicted molar refractivity (Wildman–Crippen MR) is 94.5 cm³/mol. The van der Waals surface area contributed by atoms with E-state index in [1.165, 1.54) is 18.2 Å². The molecule has 0 atom stereocenters. The zero-order valence-electron chi connectivity index (χ0n) is 13.9. The van der Waals surface area contributed by atoms with Gasteiger partial charge < -0.3 is 15.3 Å². The van der Waals surface area contributed by atoms with Gasteiger partial charge in [-0.2, -0.15) is 0 Å². The summed E-state index contributed by atoms with van der Waals surface area (Å²) < 4.78 is 50.9. The summed E-state index contributed by atoms with van der Waals surface area (Å²) >= 11 is 0. The van der Waals surface area contributed by atoms with Crippen LogP contribution >= 0.6 is 0 Å². The first-order valence-corrected chi connectivity index (χ1v) is 10.7. The van der Waals surface area contributed by atoms with Crippen LogP contribution in [-0.4, -0.2) is 44.5 Å². The molecule has 142 valence electrons. The molecule has 0 aromatic heterocycles. The van der Waals surface area contributed by atoms with Crippen LogP contribution in [0.2, 0.25) is 0 Å². The quantitative estimate of drug-likeness (QED) is 0.404. The largest absolute Gasteiger partial charge is 0.508 e. The molecule has 0 fully saturated rings. The van der Waals surface area contributed by atoms with Crippen LogP contribution in [0, 0.1) is 6.92 Å². The van der Waals surface area contributed by atoms with Crippen LogP contribution in [0.4, 0.5) is 0 Å². The summed E-state index contributed by atoms with van der Waals surface area (Å²) in [7, 11) is -7.56. The molecule has 0 saturated heterocycles. The molecule has 8 nitrogen and oxygen atoms in total. The summed E-state index contributed by atoms with van der Waals surface area (Å²) in [6.45, 7) is 1.45. The Bertz CT molecular complexity index is 931. The van der Waals surface area contributed by atoms with E-state index in [1.807, 2.05) is 0 Å². The number of hydrogen-bond acceptors (Lipinski definition) is 7. The molecule has 0 spiro atoms. The second kappa shape index (κ2) is 7.52. The number of sulfonamides is 1. The molecule has 2 rings (SSSR count). The molecule has 4 N–H and O–H groups in total. The second-order valence-electron chi connectivity index (χ2n) is 5.67. The molecule has 0 bridgehead atoms. The van der Waals surface area contributed by atoms with Crippen LogP contribution in [-0.2, 0) is 19.9 Å². The van der Waals surface area contributed by atoms with Crippen molar-refractivity contribution in [3.8, 4) is 17.2 Å². The van der Waals surface area contributed by atoms with Gasteiger partial charge in [0.25, 0.3) is 0 Å². The van der Waals surface area contributed by atoms with Crippen molar-refractivity contribution >= 4 is 19.9 Å². The number of aromatic hydroxyl groups is 3. The first kappa shape index (κ1) is 20.0. The molecular weight excluding hydrogens is 382 g/mol. The van der Waals surface area contributed by atoms with Crippen LogP contribution in [0.25, 0.3) is 0 Å². The van der Waals surface area contributed by atoms with E-state index in [-0.39, 0.29) is 34.3 Å². The van der Waals surface area contributed by atoms with Crippen LogP contribution in [0.3, 0.4) is 0 Å². The molecule has 0 aliphatic carbocycles. The minimum atomic E-state index is -3.94. The van der Waals surface area contributed by atoms with E-state index < -0.39 is 31.4 Å². The van der Waals surface area contributed by atoms with Crippen LogP contribution in [0.5, 0.6) is 17.2 Å². The maximum Gasteiger partial charge on any atom is 0.240 e. The summed E-state index contributed by atoms with van der Waals surface area (Å²) in [6, 6.07) is 7.00. The van der Waals surface area contributed by atoms with Crippen molar-refractivity contribution in [2.45, 2.75) is 23.1 Å². The molecule has 0 heterocycles. The highest BCUT2D eigenvalue weighted by molar-refractivity contribution is 7.91. The Morgan fingerprint density at radius 2 is 1.46 bits per heavy atom. The van der Waals surface area contributed by atoms with E-state index >= 15 is 0 Å². The topological polar surface area (TPSA) is 141 Å². The fourth-order valence-electron chi connectivity index (χ4n) is 2.16. The van der Waals surface area contributed by atoms with Crippen LogP contribution in [0.1, 0.15) is 12.0 Å². The van der Waals surface area contributed by atoms with Gasteiger partial charge in [0.2, 0.25) is 10.0 Å². The number of rotatable bonds is 7. The summed E-state index contributed by atoms with van der Waals surface area (Å²) in [5.41, 5.74) is 0.430. The van der Waals surface area contributed by atoms with Crippen molar-refractivity contribution in [1.29, 1.82) is 0 Å². The monoisotopic (exact) mass is 401 g/mol. The minimum absolute atomic E-state index is 0.00568. The van der Waals surface area contributed by atoms with E-state index in [2.05, 4.69) is 4.72 Å². The molecule has 0 aliphatic heterocycles. The van der Waals surface area contributed by atoms with Gasteiger partial charge in [-0.1, -0.05) is 0 Å². The van der Waals surface area contributed by atoms with Gasteiger partial charge in [0.1, 0.15) is 5.75 Å². The van der Waals surface area contributed by atoms with Crippen LogP contribution in [0.15, 0.2) is 46.2 Å². The average Bonchev–Trinajstić information content (AvgIpc) is 2.56. The number of benzene rings is 2. The van der Waals surface area contributed by atoms with E-state index in [0.29, 0.717) is 5.56 Å². The molecule has 2 aromatic rings. The van der Waals surface area contributed by atoms with Crippen molar-refractivity contribution in [1.82, 2.24) is 4.72 Å². The van der Waals surface area contributed by atoms with E-state index in [9.17, 15) is 32.2 Å². The first-order chi connectivity index (χ1) is 12.0. The second-order valence-corrected chi connectivity index (χ2v) is 9.55. The lowest BCUT2D eigenvalue weighted by molar-refractivity contribution is 0.402. The standard InChI is InChI=1S/C16H19NO7S2/c1-11-9-12(3-5-14(11)18)25(21,22)8-2-7-17-26(23,24)13-4-6-15(19)16(20)10-13/h3-6,9-10,17-20H,2,7-8H2,1H3. The molecule has 0 aliphatic rings.